The number of nitrogens with zero attached hydrogens (tertiary/aromatic N) is 1. The molecule has 1 unspecified atom stereocenters. The highest BCUT2D eigenvalue weighted by molar-refractivity contribution is 5.85. The van der Waals surface area contributed by atoms with Crippen LogP contribution in [0.1, 0.15) is 37.3 Å². The van der Waals surface area contributed by atoms with Gasteiger partial charge in [0.15, 0.2) is 11.5 Å². The van der Waals surface area contributed by atoms with Gasteiger partial charge in [-0.2, -0.15) is 0 Å². The molecule has 0 aromatic heterocycles. The average Bonchev–Trinajstić information content (AvgIpc) is 3.00. The van der Waals surface area contributed by atoms with Crippen molar-refractivity contribution in [1.29, 1.82) is 0 Å². The van der Waals surface area contributed by atoms with E-state index in [0.717, 1.165) is 30.2 Å². The van der Waals surface area contributed by atoms with Gasteiger partial charge in [-0.3, -0.25) is 9.69 Å². The molecule has 6 heteroatoms. The molecule has 0 spiro atoms. The van der Waals surface area contributed by atoms with Crippen LogP contribution in [-0.4, -0.2) is 37.9 Å². The van der Waals surface area contributed by atoms with Crippen molar-refractivity contribution >= 4 is 18.4 Å². The Hall–Kier alpha value is -1.46. The van der Waals surface area contributed by atoms with Crippen LogP contribution in [0.15, 0.2) is 18.2 Å². The number of rotatable bonds is 4. The van der Waals surface area contributed by atoms with Gasteiger partial charge in [0.2, 0.25) is 6.79 Å². The quantitative estimate of drug-likeness (QED) is 0.796. The number of methoxy groups -OCH3 is 1. The molecule has 1 aromatic carbocycles. The molecule has 3 rings (SSSR count). The highest BCUT2D eigenvalue weighted by atomic mass is 35.5. The van der Waals surface area contributed by atoms with Crippen LogP contribution in [0.3, 0.4) is 0 Å². The van der Waals surface area contributed by atoms with E-state index in [1.54, 1.807) is 0 Å². The SMILES string of the molecule is COC(=O)CC(c1ccc2c(c1)OCO2)N1CCCCC1.Cl. The number of halogens is 1. The highest BCUT2D eigenvalue weighted by Gasteiger charge is 2.26. The highest BCUT2D eigenvalue weighted by Crippen LogP contribution is 2.37. The van der Waals surface area contributed by atoms with Crippen LogP contribution < -0.4 is 9.47 Å². The van der Waals surface area contributed by atoms with E-state index in [0.29, 0.717) is 6.42 Å². The topological polar surface area (TPSA) is 48.0 Å². The monoisotopic (exact) mass is 327 g/mol. The van der Waals surface area contributed by atoms with Gasteiger partial charge in [-0.15, -0.1) is 12.4 Å². The van der Waals surface area contributed by atoms with Crippen molar-refractivity contribution < 1.29 is 19.0 Å². The molecular weight excluding hydrogens is 306 g/mol. The van der Waals surface area contributed by atoms with E-state index in [2.05, 4.69) is 4.90 Å². The van der Waals surface area contributed by atoms with E-state index in [-0.39, 0.29) is 31.2 Å². The van der Waals surface area contributed by atoms with Crippen molar-refractivity contribution in [2.24, 2.45) is 0 Å². The van der Waals surface area contributed by atoms with Crippen LogP contribution in [-0.2, 0) is 9.53 Å². The summed E-state index contributed by atoms with van der Waals surface area (Å²) in [4.78, 5) is 14.1. The first kappa shape index (κ1) is 16.9. The molecule has 5 nitrogen and oxygen atoms in total. The molecule has 1 saturated heterocycles. The Morgan fingerprint density at radius 3 is 2.68 bits per heavy atom. The summed E-state index contributed by atoms with van der Waals surface area (Å²) in [5.41, 5.74) is 1.09. The molecule has 22 heavy (non-hydrogen) atoms. The van der Waals surface area contributed by atoms with Crippen LogP contribution in [0.4, 0.5) is 0 Å². The zero-order valence-electron chi connectivity index (χ0n) is 12.7. The second-order valence-electron chi connectivity index (χ2n) is 5.51. The normalized spacial score (nSPS) is 18.4. The maximum atomic E-state index is 11.8. The lowest BCUT2D eigenvalue weighted by Gasteiger charge is -2.34. The largest absolute Gasteiger partial charge is 0.469 e. The number of likely N-dealkylation sites (tertiary alicyclic amines) is 1. The number of piperidine rings is 1. The van der Waals surface area contributed by atoms with E-state index < -0.39 is 0 Å². The minimum Gasteiger partial charge on any atom is -0.469 e. The molecule has 2 aliphatic rings. The predicted octanol–water partition coefficient (Wildman–Crippen LogP) is 2.93. The van der Waals surface area contributed by atoms with Crippen molar-refractivity contribution in [1.82, 2.24) is 4.90 Å². The fourth-order valence-electron chi connectivity index (χ4n) is 3.05. The van der Waals surface area contributed by atoms with Crippen molar-refractivity contribution in [3.05, 3.63) is 23.8 Å². The Kier molecular flexibility index (Phi) is 5.91. The number of ether oxygens (including phenoxy) is 3. The number of hydrogen-bond donors (Lipinski definition) is 0. The van der Waals surface area contributed by atoms with E-state index in [1.807, 2.05) is 18.2 Å². The van der Waals surface area contributed by atoms with Crippen LogP contribution in [0.5, 0.6) is 11.5 Å². The summed E-state index contributed by atoms with van der Waals surface area (Å²) in [7, 11) is 1.44. The number of fused-ring (bicyclic) bond motifs is 1. The fraction of sp³-hybridized carbons (Fsp3) is 0.562. The first-order chi connectivity index (χ1) is 10.3. The van der Waals surface area contributed by atoms with Crippen LogP contribution >= 0.6 is 12.4 Å². The zero-order chi connectivity index (χ0) is 14.7. The van der Waals surface area contributed by atoms with Crippen molar-refractivity contribution in [2.75, 3.05) is 27.0 Å². The van der Waals surface area contributed by atoms with E-state index in [4.69, 9.17) is 14.2 Å². The van der Waals surface area contributed by atoms with Gasteiger partial charge in [-0.05, 0) is 43.6 Å². The van der Waals surface area contributed by atoms with Gasteiger partial charge >= 0.3 is 5.97 Å². The third-order valence-electron chi connectivity index (χ3n) is 4.20. The molecule has 122 valence electrons. The average molecular weight is 328 g/mol. The molecule has 0 bridgehead atoms. The van der Waals surface area contributed by atoms with Crippen molar-refractivity contribution in [2.45, 2.75) is 31.7 Å². The van der Waals surface area contributed by atoms with Crippen LogP contribution in [0.25, 0.3) is 0 Å². The fourth-order valence-corrected chi connectivity index (χ4v) is 3.05. The number of benzene rings is 1. The maximum Gasteiger partial charge on any atom is 0.307 e. The van der Waals surface area contributed by atoms with Crippen LogP contribution in [0, 0.1) is 0 Å². The zero-order valence-corrected chi connectivity index (χ0v) is 13.6. The maximum absolute atomic E-state index is 11.8. The van der Waals surface area contributed by atoms with Crippen molar-refractivity contribution in [3.8, 4) is 11.5 Å². The van der Waals surface area contributed by atoms with Gasteiger partial charge in [-0.1, -0.05) is 12.5 Å². The molecule has 2 aliphatic heterocycles. The number of esters is 1. The summed E-state index contributed by atoms with van der Waals surface area (Å²) in [6, 6.07) is 5.99. The second-order valence-corrected chi connectivity index (χ2v) is 5.51. The summed E-state index contributed by atoms with van der Waals surface area (Å²) in [6.07, 6.45) is 4.00. The number of carbonyl (C=O) groups is 1. The molecular formula is C16H22ClNO4. The third-order valence-corrected chi connectivity index (χ3v) is 4.20. The summed E-state index contributed by atoms with van der Waals surface area (Å²) >= 11 is 0. The summed E-state index contributed by atoms with van der Waals surface area (Å²) < 4.78 is 15.7. The van der Waals surface area contributed by atoms with Gasteiger partial charge in [0.1, 0.15) is 0 Å². The van der Waals surface area contributed by atoms with Crippen molar-refractivity contribution in [3.63, 3.8) is 0 Å². The Morgan fingerprint density at radius 1 is 1.23 bits per heavy atom. The number of hydrogen-bond acceptors (Lipinski definition) is 5. The van der Waals surface area contributed by atoms with Gasteiger partial charge < -0.3 is 14.2 Å². The van der Waals surface area contributed by atoms with Gasteiger partial charge in [-0.25, -0.2) is 0 Å². The van der Waals surface area contributed by atoms with E-state index in [1.165, 1.54) is 26.4 Å². The Morgan fingerprint density at radius 2 is 1.95 bits per heavy atom. The Bertz CT molecular complexity index is 517. The third kappa shape index (κ3) is 3.65. The first-order valence-electron chi connectivity index (χ1n) is 7.48. The lowest BCUT2D eigenvalue weighted by Crippen LogP contribution is -2.35. The summed E-state index contributed by atoms with van der Waals surface area (Å²) in [5.74, 6) is 1.36. The van der Waals surface area contributed by atoms with E-state index >= 15 is 0 Å². The molecule has 2 heterocycles. The molecule has 0 aliphatic carbocycles. The number of carbonyl (C=O) groups excluding carboxylic acids is 1. The first-order valence-corrected chi connectivity index (χ1v) is 7.48. The summed E-state index contributed by atoms with van der Waals surface area (Å²) in [5, 5.41) is 0. The lowest BCUT2D eigenvalue weighted by atomic mass is 9.98. The van der Waals surface area contributed by atoms with Gasteiger partial charge in [0, 0.05) is 6.04 Å². The summed E-state index contributed by atoms with van der Waals surface area (Å²) in [6.45, 7) is 2.32. The predicted molar refractivity (Wildman–Crippen MR) is 84.6 cm³/mol. The second kappa shape index (κ2) is 7.70. The standard InChI is InChI=1S/C16H21NO4.ClH/c1-19-16(18)10-13(17-7-3-2-4-8-17)12-5-6-14-15(9-12)21-11-20-14;/h5-6,9,13H,2-4,7-8,10-11H2,1H3;1H. The van der Waals surface area contributed by atoms with Crippen LogP contribution in [0.2, 0.25) is 0 Å². The smallest absolute Gasteiger partial charge is 0.307 e. The van der Waals surface area contributed by atoms with Gasteiger partial charge in [0.25, 0.3) is 0 Å². The molecule has 0 saturated carbocycles. The molecule has 0 amide bonds. The minimum atomic E-state index is -0.178. The van der Waals surface area contributed by atoms with E-state index in [9.17, 15) is 4.79 Å². The minimum absolute atomic E-state index is 0. The molecule has 0 N–H and O–H groups in total. The molecule has 0 radical (unpaired) electrons. The molecule has 1 atom stereocenters. The molecule has 1 aromatic rings. The lowest BCUT2D eigenvalue weighted by molar-refractivity contribution is -0.142. The Labute approximate surface area is 136 Å². The molecule has 1 fully saturated rings. The Balaban J connectivity index is 0.00000176. The van der Waals surface area contributed by atoms with Gasteiger partial charge in [0.05, 0.1) is 13.5 Å².